The lowest BCUT2D eigenvalue weighted by Gasteiger charge is -2.24. The predicted octanol–water partition coefficient (Wildman–Crippen LogP) is 5.55. The van der Waals surface area contributed by atoms with Gasteiger partial charge in [0.25, 0.3) is 5.91 Å². The summed E-state index contributed by atoms with van der Waals surface area (Å²) in [5.74, 6) is -0.575. The predicted molar refractivity (Wildman–Crippen MR) is 130 cm³/mol. The molecule has 1 aliphatic rings. The fourth-order valence-corrected chi connectivity index (χ4v) is 5.16. The zero-order valence-corrected chi connectivity index (χ0v) is 19.7. The summed E-state index contributed by atoms with van der Waals surface area (Å²) in [5, 5.41) is 11.3. The number of fused-ring (bicyclic) bond motifs is 1. The van der Waals surface area contributed by atoms with Gasteiger partial charge < -0.3 is 14.3 Å². The van der Waals surface area contributed by atoms with Gasteiger partial charge in [-0.25, -0.2) is 4.98 Å². The van der Waals surface area contributed by atoms with Crippen LogP contribution in [-0.4, -0.2) is 28.9 Å². The average molecular weight is 475 g/mol. The Balaban J connectivity index is 1.66. The minimum Gasteiger partial charge on any atom is -0.503 e. The number of carbonyl (C=O) groups is 2. The fraction of sp³-hybridized carbons (Fsp3) is 0.192. The van der Waals surface area contributed by atoms with Crippen LogP contribution in [0.15, 0.2) is 70.3 Å². The van der Waals surface area contributed by atoms with Crippen LogP contribution in [0.4, 0.5) is 5.13 Å². The van der Waals surface area contributed by atoms with Crippen LogP contribution in [0.5, 0.6) is 5.75 Å². The number of aromatic nitrogens is 1. The molecule has 0 aliphatic carbocycles. The van der Waals surface area contributed by atoms with Crippen LogP contribution in [0.1, 0.15) is 40.4 Å². The smallest absolute Gasteiger partial charge is 0.296 e. The lowest BCUT2D eigenvalue weighted by Crippen LogP contribution is -2.30. The SMILES string of the molecule is CCc1ccc2nc(N3C(=O)C(O)=C(C(=O)c4ccc(C)o4)C3c3ccc(OC)cc3)sc2c1. The molecular weight excluding hydrogens is 452 g/mol. The highest BCUT2D eigenvalue weighted by atomic mass is 32.1. The highest BCUT2D eigenvalue weighted by Gasteiger charge is 2.46. The second-order valence-electron chi connectivity index (χ2n) is 8.00. The first-order chi connectivity index (χ1) is 16.4. The van der Waals surface area contributed by atoms with E-state index in [0.717, 1.165) is 22.2 Å². The Morgan fingerprint density at radius 1 is 1.18 bits per heavy atom. The highest BCUT2D eigenvalue weighted by Crippen LogP contribution is 2.44. The van der Waals surface area contributed by atoms with E-state index in [2.05, 4.69) is 11.9 Å². The maximum absolute atomic E-state index is 13.4. The number of hydrogen-bond acceptors (Lipinski definition) is 7. The Labute approximate surface area is 199 Å². The Morgan fingerprint density at radius 3 is 2.59 bits per heavy atom. The third-order valence-electron chi connectivity index (χ3n) is 5.90. The molecule has 2 aromatic heterocycles. The van der Waals surface area contributed by atoms with Crippen molar-refractivity contribution in [2.75, 3.05) is 12.0 Å². The maximum Gasteiger partial charge on any atom is 0.296 e. The van der Waals surface area contributed by atoms with Gasteiger partial charge in [0.15, 0.2) is 16.7 Å². The zero-order valence-electron chi connectivity index (χ0n) is 18.9. The molecule has 0 saturated heterocycles. The number of thiazole rings is 1. The van der Waals surface area contributed by atoms with Crippen LogP contribution in [0.25, 0.3) is 10.2 Å². The molecule has 1 atom stereocenters. The summed E-state index contributed by atoms with van der Waals surface area (Å²) in [5.41, 5.74) is 2.50. The lowest BCUT2D eigenvalue weighted by molar-refractivity contribution is -0.117. The van der Waals surface area contributed by atoms with E-state index in [9.17, 15) is 14.7 Å². The van der Waals surface area contributed by atoms with Crippen molar-refractivity contribution in [3.63, 3.8) is 0 Å². The lowest BCUT2D eigenvalue weighted by atomic mass is 9.95. The van der Waals surface area contributed by atoms with Gasteiger partial charge in [-0.15, -0.1) is 0 Å². The molecule has 5 rings (SSSR count). The molecule has 4 aromatic rings. The number of methoxy groups -OCH3 is 1. The van der Waals surface area contributed by atoms with Gasteiger partial charge in [-0.2, -0.15) is 0 Å². The zero-order chi connectivity index (χ0) is 24.0. The topological polar surface area (TPSA) is 92.9 Å². The van der Waals surface area contributed by atoms with E-state index in [0.29, 0.717) is 22.2 Å². The first-order valence-corrected chi connectivity index (χ1v) is 11.6. The Morgan fingerprint density at radius 2 is 1.94 bits per heavy atom. The molecule has 34 heavy (non-hydrogen) atoms. The van der Waals surface area contributed by atoms with E-state index in [1.807, 2.05) is 18.2 Å². The number of ketones is 1. The van der Waals surface area contributed by atoms with Gasteiger partial charge in [0.1, 0.15) is 11.5 Å². The molecule has 8 heteroatoms. The molecule has 1 unspecified atom stereocenters. The number of aryl methyl sites for hydroxylation is 2. The van der Waals surface area contributed by atoms with E-state index < -0.39 is 23.5 Å². The maximum atomic E-state index is 13.4. The molecule has 7 nitrogen and oxygen atoms in total. The van der Waals surface area contributed by atoms with Crippen LogP contribution in [0.2, 0.25) is 0 Å². The van der Waals surface area contributed by atoms with Gasteiger partial charge in [-0.05, 0) is 60.9 Å². The van der Waals surface area contributed by atoms with Gasteiger partial charge in [0, 0.05) is 0 Å². The summed E-state index contributed by atoms with van der Waals surface area (Å²) >= 11 is 1.35. The van der Waals surface area contributed by atoms with Crippen LogP contribution in [-0.2, 0) is 11.2 Å². The van der Waals surface area contributed by atoms with Crippen molar-refractivity contribution < 1.29 is 23.8 Å². The number of carbonyl (C=O) groups excluding carboxylic acids is 2. The monoisotopic (exact) mass is 474 g/mol. The van der Waals surface area contributed by atoms with Crippen molar-refractivity contribution in [3.05, 3.63) is 88.6 Å². The summed E-state index contributed by atoms with van der Waals surface area (Å²) in [4.78, 5) is 32.8. The van der Waals surface area contributed by atoms with Gasteiger partial charge in [0.2, 0.25) is 5.78 Å². The number of furan rings is 1. The molecule has 2 aromatic carbocycles. The molecule has 0 bridgehead atoms. The first-order valence-electron chi connectivity index (χ1n) is 10.8. The molecule has 172 valence electrons. The Hall–Kier alpha value is -3.91. The number of nitrogens with zero attached hydrogens (tertiary/aromatic N) is 2. The molecule has 3 heterocycles. The molecule has 1 aliphatic heterocycles. The van der Waals surface area contributed by atoms with E-state index >= 15 is 0 Å². The standard InChI is InChI=1S/C26H22N2O5S/c1-4-15-6-11-18-20(13-15)34-26(27-18)28-22(16-7-9-17(32-3)10-8-16)21(24(30)25(28)31)23(29)19-12-5-14(2)33-19/h5-13,22,30H,4H2,1-3H3. The molecule has 0 fully saturated rings. The quantitative estimate of drug-likeness (QED) is 0.368. The summed E-state index contributed by atoms with van der Waals surface area (Å²) in [6.45, 7) is 3.80. The van der Waals surface area contributed by atoms with Gasteiger partial charge >= 0.3 is 0 Å². The molecular formula is C26H22N2O5S. The van der Waals surface area contributed by atoms with E-state index in [1.165, 1.54) is 16.2 Å². The Kier molecular flexibility index (Phi) is 5.45. The number of aliphatic hydroxyl groups excluding tert-OH is 1. The number of Topliss-reactive ketones (excluding diaryl/α,β-unsaturated/α-hetero) is 1. The summed E-state index contributed by atoms with van der Waals surface area (Å²) in [6.07, 6.45) is 0.879. The number of benzene rings is 2. The van der Waals surface area contributed by atoms with Crippen LogP contribution < -0.4 is 9.64 Å². The van der Waals surface area contributed by atoms with Gasteiger partial charge in [0.05, 0.1) is 28.9 Å². The average Bonchev–Trinajstić information content (AvgIpc) is 3.54. The normalized spacial score (nSPS) is 16.0. The van der Waals surface area contributed by atoms with E-state index in [4.69, 9.17) is 9.15 Å². The third-order valence-corrected chi connectivity index (χ3v) is 6.92. The Bertz CT molecular complexity index is 1450. The number of hydrogen-bond donors (Lipinski definition) is 1. The largest absolute Gasteiger partial charge is 0.503 e. The van der Waals surface area contributed by atoms with Crippen LogP contribution >= 0.6 is 11.3 Å². The van der Waals surface area contributed by atoms with Crippen molar-refractivity contribution in [1.29, 1.82) is 0 Å². The summed E-state index contributed by atoms with van der Waals surface area (Å²) in [6, 6.07) is 15.3. The second-order valence-corrected chi connectivity index (χ2v) is 9.01. The summed E-state index contributed by atoms with van der Waals surface area (Å²) < 4.78 is 11.7. The van der Waals surface area contributed by atoms with Crippen molar-refractivity contribution in [2.24, 2.45) is 0 Å². The molecule has 0 saturated carbocycles. The van der Waals surface area contributed by atoms with Crippen molar-refractivity contribution in [3.8, 4) is 5.75 Å². The van der Waals surface area contributed by atoms with Crippen LogP contribution in [0, 0.1) is 6.92 Å². The molecule has 1 amide bonds. The minimum atomic E-state index is -0.873. The minimum absolute atomic E-state index is 0.0435. The van der Waals surface area contributed by atoms with Gasteiger partial charge in [-0.1, -0.05) is 36.5 Å². The number of anilines is 1. The molecule has 0 spiro atoms. The molecule has 1 N–H and O–H groups in total. The summed E-state index contributed by atoms with van der Waals surface area (Å²) in [7, 11) is 1.56. The first kappa shape index (κ1) is 21.9. The fourth-order valence-electron chi connectivity index (χ4n) is 4.11. The number of rotatable bonds is 6. The second kappa shape index (κ2) is 8.46. The van der Waals surface area contributed by atoms with Gasteiger partial charge in [-0.3, -0.25) is 14.5 Å². The van der Waals surface area contributed by atoms with E-state index in [1.54, 1.807) is 50.4 Å². The van der Waals surface area contributed by atoms with Crippen LogP contribution in [0.3, 0.4) is 0 Å². The number of amides is 1. The third kappa shape index (κ3) is 3.56. The number of ether oxygens (including phenoxy) is 1. The number of aliphatic hydroxyl groups is 1. The van der Waals surface area contributed by atoms with E-state index in [-0.39, 0.29) is 11.3 Å². The van der Waals surface area contributed by atoms with Crippen molar-refractivity contribution in [2.45, 2.75) is 26.3 Å². The van der Waals surface area contributed by atoms with Crippen molar-refractivity contribution in [1.82, 2.24) is 4.98 Å². The van der Waals surface area contributed by atoms with Crippen molar-refractivity contribution >= 4 is 38.4 Å². The highest BCUT2D eigenvalue weighted by molar-refractivity contribution is 7.22. The molecule has 0 radical (unpaired) electrons.